The molecule has 3 nitrogen and oxygen atoms in total. The van der Waals surface area contributed by atoms with E-state index in [0.29, 0.717) is 0 Å². The molecule has 20 heavy (non-hydrogen) atoms. The Labute approximate surface area is 125 Å². The summed E-state index contributed by atoms with van der Waals surface area (Å²) in [4.78, 5) is 8.96. The number of hydrogen-bond acceptors (Lipinski definition) is 4. The fourth-order valence-corrected chi connectivity index (χ4v) is 2.89. The summed E-state index contributed by atoms with van der Waals surface area (Å²) in [5.74, 6) is 0.845. The largest absolute Gasteiger partial charge is 0.385 e. The van der Waals surface area contributed by atoms with E-state index in [0.717, 1.165) is 40.8 Å². The Hall–Kier alpha value is -1.55. The summed E-state index contributed by atoms with van der Waals surface area (Å²) in [5.41, 5.74) is 4.55. The molecule has 0 saturated heterocycles. The highest BCUT2D eigenvalue weighted by molar-refractivity contribution is 7.98. The van der Waals surface area contributed by atoms with Crippen LogP contribution in [-0.2, 0) is 5.75 Å². The molecule has 1 N–H and O–H groups in total. The Balaban J connectivity index is 1.99. The lowest BCUT2D eigenvalue weighted by Crippen LogP contribution is -2.00. The average molecular weight is 287 g/mol. The van der Waals surface area contributed by atoms with Crippen LogP contribution < -0.4 is 5.32 Å². The Morgan fingerprint density at radius 1 is 1.20 bits per heavy atom. The first-order valence-electron chi connectivity index (χ1n) is 6.94. The van der Waals surface area contributed by atoms with Crippen molar-refractivity contribution >= 4 is 17.4 Å². The average Bonchev–Trinajstić information content (AvgIpc) is 2.42. The van der Waals surface area contributed by atoms with Gasteiger partial charge in [0.2, 0.25) is 0 Å². The van der Waals surface area contributed by atoms with Crippen LogP contribution in [0.5, 0.6) is 0 Å². The van der Waals surface area contributed by atoms with E-state index >= 15 is 0 Å². The van der Waals surface area contributed by atoms with Crippen LogP contribution in [0.25, 0.3) is 0 Å². The van der Waals surface area contributed by atoms with Crippen LogP contribution >= 0.6 is 11.8 Å². The van der Waals surface area contributed by atoms with Crippen LogP contribution in [0.4, 0.5) is 5.69 Å². The third-order valence-electron chi connectivity index (χ3n) is 2.84. The highest BCUT2D eigenvalue weighted by atomic mass is 32.2. The zero-order chi connectivity index (χ0) is 14.4. The van der Waals surface area contributed by atoms with Gasteiger partial charge in [-0.15, -0.1) is 11.8 Å². The fourth-order valence-electron chi connectivity index (χ4n) is 1.96. The lowest BCUT2D eigenvalue weighted by atomic mass is 10.3. The number of nitrogens with zero attached hydrogens (tertiary/aromatic N) is 2. The van der Waals surface area contributed by atoms with Crippen LogP contribution in [0.1, 0.15) is 30.3 Å². The number of hydrogen-bond donors (Lipinski definition) is 1. The minimum absolute atomic E-state index is 0.845. The van der Waals surface area contributed by atoms with Crippen molar-refractivity contribution in [3.63, 3.8) is 0 Å². The normalized spacial score (nSPS) is 10.6. The van der Waals surface area contributed by atoms with E-state index < -0.39 is 0 Å². The van der Waals surface area contributed by atoms with Gasteiger partial charge in [-0.05, 0) is 50.1 Å². The molecule has 0 amide bonds. The number of pyridine rings is 2. The van der Waals surface area contributed by atoms with Crippen LogP contribution in [0.2, 0.25) is 0 Å². The molecule has 0 bridgehead atoms. The number of nitrogens with one attached hydrogen (secondary N) is 1. The first-order chi connectivity index (χ1) is 9.67. The van der Waals surface area contributed by atoms with E-state index in [1.807, 2.05) is 19.2 Å². The van der Waals surface area contributed by atoms with E-state index in [4.69, 9.17) is 0 Å². The van der Waals surface area contributed by atoms with Gasteiger partial charge in [0.1, 0.15) is 0 Å². The van der Waals surface area contributed by atoms with Gasteiger partial charge in [0.25, 0.3) is 0 Å². The summed E-state index contributed by atoms with van der Waals surface area (Å²) in [6.07, 6.45) is 2.99. The molecule has 0 radical (unpaired) electrons. The van der Waals surface area contributed by atoms with Crippen molar-refractivity contribution in [2.45, 2.75) is 38.0 Å². The van der Waals surface area contributed by atoms with Gasteiger partial charge in [0, 0.05) is 29.9 Å². The molecular formula is C16H21N3S. The molecule has 0 saturated carbocycles. The monoisotopic (exact) mass is 287 g/mol. The summed E-state index contributed by atoms with van der Waals surface area (Å²) in [6.45, 7) is 7.29. The molecule has 2 aromatic heterocycles. The van der Waals surface area contributed by atoms with Gasteiger partial charge < -0.3 is 5.32 Å². The van der Waals surface area contributed by atoms with Gasteiger partial charge in [-0.25, -0.2) is 4.98 Å². The topological polar surface area (TPSA) is 37.8 Å². The van der Waals surface area contributed by atoms with Crippen LogP contribution in [-0.4, -0.2) is 16.5 Å². The van der Waals surface area contributed by atoms with Crippen molar-refractivity contribution in [1.29, 1.82) is 0 Å². The van der Waals surface area contributed by atoms with Gasteiger partial charge in [-0.3, -0.25) is 4.98 Å². The molecule has 0 aliphatic heterocycles. The molecule has 0 aliphatic rings. The van der Waals surface area contributed by atoms with E-state index in [9.17, 15) is 0 Å². The number of aromatic nitrogens is 2. The summed E-state index contributed by atoms with van der Waals surface area (Å²) in [5, 5.41) is 4.45. The molecule has 0 atom stereocenters. The zero-order valence-corrected chi connectivity index (χ0v) is 13.1. The number of rotatable bonds is 6. The Kier molecular flexibility index (Phi) is 5.41. The zero-order valence-electron chi connectivity index (χ0n) is 12.3. The Bertz CT molecular complexity index is 549. The predicted octanol–water partition coefficient (Wildman–Crippen LogP) is 4.21. The van der Waals surface area contributed by atoms with E-state index in [1.54, 1.807) is 11.8 Å². The number of aryl methyl sites for hydroxylation is 2. The van der Waals surface area contributed by atoms with Gasteiger partial charge in [-0.2, -0.15) is 0 Å². The van der Waals surface area contributed by atoms with Crippen LogP contribution in [0, 0.1) is 13.8 Å². The third-order valence-corrected chi connectivity index (χ3v) is 3.78. The molecule has 106 valence electrons. The number of anilines is 1. The van der Waals surface area contributed by atoms with Crippen LogP contribution in [0.3, 0.4) is 0 Å². The minimum Gasteiger partial charge on any atom is -0.385 e. The van der Waals surface area contributed by atoms with Gasteiger partial charge >= 0.3 is 0 Å². The lowest BCUT2D eigenvalue weighted by Gasteiger charge is -2.07. The highest BCUT2D eigenvalue weighted by Crippen LogP contribution is 2.22. The van der Waals surface area contributed by atoms with Crippen molar-refractivity contribution in [3.8, 4) is 0 Å². The molecule has 0 aromatic carbocycles. The fraction of sp³-hybridized carbons (Fsp3) is 0.375. The smallest absolute Gasteiger partial charge is 0.0969 e. The second-order valence-electron chi connectivity index (χ2n) is 4.88. The molecule has 2 heterocycles. The maximum absolute atomic E-state index is 4.54. The molecule has 0 unspecified atom stereocenters. The summed E-state index contributed by atoms with van der Waals surface area (Å²) >= 11 is 1.73. The van der Waals surface area contributed by atoms with E-state index in [1.165, 1.54) is 5.56 Å². The van der Waals surface area contributed by atoms with Crippen molar-refractivity contribution in [2.75, 3.05) is 11.9 Å². The van der Waals surface area contributed by atoms with Crippen molar-refractivity contribution in [1.82, 2.24) is 9.97 Å². The van der Waals surface area contributed by atoms with Gasteiger partial charge in [0.05, 0.1) is 10.7 Å². The maximum atomic E-state index is 4.54. The lowest BCUT2D eigenvalue weighted by molar-refractivity contribution is 0.977. The van der Waals surface area contributed by atoms with Crippen molar-refractivity contribution < 1.29 is 0 Å². The Morgan fingerprint density at radius 2 is 2.05 bits per heavy atom. The maximum Gasteiger partial charge on any atom is 0.0969 e. The van der Waals surface area contributed by atoms with E-state index in [2.05, 4.69) is 47.3 Å². The van der Waals surface area contributed by atoms with Gasteiger partial charge in [0.15, 0.2) is 0 Å². The van der Waals surface area contributed by atoms with Gasteiger partial charge in [-0.1, -0.05) is 6.92 Å². The standard InChI is InChI=1S/C16H21N3S/c1-4-6-17-14-5-7-18-15(10-14)11-20-16-9-12(2)8-13(3)19-16/h5,7-10H,4,6,11H2,1-3H3,(H,17,18). The highest BCUT2D eigenvalue weighted by Gasteiger charge is 2.02. The quantitative estimate of drug-likeness (QED) is 0.808. The minimum atomic E-state index is 0.845. The molecule has 2 aromatic rings. The molecule has 0 spiro atoms. The second kappa shape index (κ2) is 7.29. The second-order valence-corrected chi connectivity index (χ2v) is 5.87. The molecule has 2 rings (SSSR count). The summed E-state index contributed by atoms with van der Waals surface area (Å²) in [7, 11) is 0. The number of thioether (sulfide) groups is 1. The molecule has 0 aliphatic carbocycles. The Morgan fingerprint density at radius 3 is 2.80 bits per heavy atom. The first kappa shape index (κ1) is 14.9. The molecule has 4 heteroatoms. The van der Waals surface area contributed by atoms with Crippen LogP contribution in [0.15, 0.2) is 35.5 Å². The molecular weight excluding hydrogens is 266 g/mol. The molecule has 0 fully saturated rings. The summed E-state index contributed by atoms with van der Waals surface area (Å²) < 4.78 is 0. The van der Waals surface area contributed by atoms with Crippen molar-refractivity contribution in [2.24, 2.45) is 0 Å². The summed E-state index contributed by atoms with van der Waals surface area (Å²) in [6, 6.07) is 8.35. The first-order valence-corrected chi connectivity index (χ1v) is 7.93. The third kappa shape index (κ3) is 4.53. The SMILES string of the molecule is CCCNc1ccnc(CSc2cc(C)cc(C)n2)c1. The van der Waals surface area contributed by atoms with E-state index in [-0.39, 0.29) is 0 Å². The van der Waals surface area contributed by atoms with Crippen molar-refractivity contribution in [3.05, 3.63) is 47.4 Å². The predicted molar refractivity (Wildman–Crippen MR) is 86.3 cm³/mol.